The van der Waals surface area contributed by atoms with E-state index in [4.69, 9.17) is 0 Å². The number of carbonyl (C=O) groups is 1. The van der Waals surface area contributed by atoms with E-state index in [0.29, 0.717) is 13.2 Å². The topological polar surface area (TPSA) is 26.8 Å². The summed E-state index contributed by atoms with van der Waals surface area (Å²) in [6, 6.07) is 0.112. The molecule has 0 bridgehead atoms. The van der Waals surface area contributed by atoms with E-state index in [1.165, 1.54) is 44.1 Å². The minimum absolute atomic E-state index is 0.112. The number of rotatable bonds is 13. The van der Waals surface area contributed by atoms with Crippen LogP contribution in [0.25, 0.3) is 0 Å². The minimum Gasteiger partial charge on any atom is -0.324 e. The second-order valence-electron chi connectivity index (χ2n) is 7.97. The molecule has 0 saturated heterocycles. The Morgan fingerprint density at radius 1 is 1.00 bits per heavy atom. The number of likely N-dealkylation sites (N-methyl/N-ethyl adjacent to an activating group) is 1. The fourth-order valence-corrected chi connectivity index (χ4v) is 2.76. The van der Waals surface area contributed by atoms with Crippen LogP contribution < -0.4 is 0 Å². The zero-order chi connectivity index (χ0) is 19.2. The summed E-state index contributed by atoms with van der Waals surface area (Å²) in [5.74, 6) is 0.832. The van der Waals surface area contributed by atoms with E-state index in [1.54, 1.807) is 4.90 Å². The van der Waals surface area contributed by atoms with E-state index in [-0.39, 0.29) is 6.03 Å². The van der Waals surface area contributed by atoms with Crippen LogP contribution in [0.3, 0.4) is 0 Å². The number of hydrogen-bond donors (Lipinski definition) is 0. The second-order valence-corrected chi connectivity index (χ2v) is 7.97. The van der Waals surface area contributed by atoms with E-state index in [9.17, 15) is 4.79 Å². The Morgan fingerprint density at radius 2 is 1.60 bits per heavy atom. The van der Waals surface area contributed by atoms with Gasteiger partial charge in [0, 0.05) is 20.1 Å². The predicted octanol–water partition coefficient (Wildman–Crippen LogP) is 5.21. The van der Waals surface area contributed by atoms with Gasteiger partial charge in [-0.1, -0.05) is 57.6 Å². The molecule has 0 saturated carbocycles. The number of hydrogen-bond acceptors (Lipinski definition) is 2. The van der Waals surface area contributed by atoms with Crippen LogP contribution in [0.15, 0.2) is 11.6 Å². The normalized spacial score (nSPS) is 11.1. The molecule has 0 unspecified atom stereocenters. The number of unbranched alkanes of at least 4 members (excludes halogenated alkanes) is 4. The van der Waals surface area contributed by atoms with Crippen molar-refractivity contribution in [1.82, 2.24) is 14.7 Å². The van der Waals surface area contributed by atoms with Crippen molar-refractivity contribution in [3.8, 4) is 0 Å². The molecule has 4 heteroatoms. The van der Waals surface area contributed by atoms with Crippen molar-refractivity contribution in [2.75, 3.05) is 40.4 Å². The van der Waals surface area contributed by atoms with Gasteiger partial charge in [-0.2, -0.15) is 0 Å². The first-order chi connectivity index (χ1) is 11.8. The lowest BCUT2D eigenvalue weighted by molar-refractivity contribution is 0.133. The molecule has 0 aliphatic carbocycles. The molecule has 0 heterocycles. The standard InChI is InChI=1S/C21H43N3O/c1-8-24(21(25)23(7)17-15-20(4)5)18-22(6)16-13-11-9-10-12-14-19(2)3/h15,19H,8-14,16-18H2,1-7H3. The first-order valence-corrected chi connectivity index (χ1v) is 10.1. The highest BCUT2D eigenvalue weighted by atomic mass is 16.2. The third-order valence-corrected chi connectivity index (χ3v) is 4.49. The molecule has 0 aromatic rings. The number of allylic oxidation sites excluding steroid dienone is 1. The maximum absolute atomic E-state index is 12.5. The third kappa shape index (κ3) is 12.9. The first kappa shape index (κ1) is 24.0. The monoisotopic (exact) mass is 353 g/mol. The molecule has 4 nitrogen and oxygen atoms in total. The van der Waals surface area contributed by atoms with Crippen molar-refractivity contribution in [1.29, 1.82) is 0 Å². The molecule has 0 N–H and O–H groups in total. The fourth-order valence-electron chi connectivity index (χ4n) is 2.76. The van der Waals surface area contributed by atoms with Crippen molar-refractivity contribution in [3.63, 3.8) is 0 Å². The number of nitrogens with zero attached hydrogens (tertiary/aromatic N) is 3. The highest BCUT2D eigenvalue weighted by molar-refractivity contribution is 5.74. The van der Waals surface area contributed by atoms with Gasteiger partial charge in [0.05, 0.1) is 6.67 Å². The van der Waals surface area contributed by atoms with E-state index < -0.39 is 0 Å². The minimum atomic E-state index is 0.112. The molecule has 0 fully saturated rings. The lowest BCUT2D eigenvalue weighted by Gasteiger charge is -2.30. The molecule has 0 aromatic heterocycles. The van der Waals surface area contributed by atoms with Gasteiger partial charge in [0.25, 0.3) is 0 Å². The lowest BCUT2D eigenvalue weighted by Crippen LogP contribution is -2.46. The molecule has 0 aliphatic heterocycles. The summed E-state index contributed by atoms with van der Waals surface area (Å²) < 4.78 is 0. The molecule has 0 rings (SSSR count). The average molecular weight is 354 g/mol. The molecule has 148 valence electrons. The first-order valence-electron chi connectivity index (χ1n) is 10.1. The third-order valence-electron chi connectivity index (χ3n) is 4.49. The van der Waals surface area contributed by atoms with Gasteiger partial charge in [0.15, 0.2) is 0 Å². The van der Waals surface area contributed by atoms with Crippen molar-refractivity contribution >= 4 is 6.03 Å². The van der Waals surface area contributed by atoms with E-state index in [1.807, 2.05) is 11.9 Å². The Balaban J connectivity index is 4.01. The van der Waals surface area contributed by atoms with Crippen LogP contribution in [0, 0.1) is 5.92 Å². The van der Waals surface area contributed by atoms with Crippen LogP contribution in [-0.4, -0.2) is 61.1 Å². The van der Waals surface area contributed by atoms with Crippen LogP contribution in [-0.2, 0) is 0 Å². The smallest absolute Gasteiger partial charge is 0.321 e. The zero-order valence-electron chi connectivity index (χ0n) is 18.0. The lowest BCUT2D eigenvalue weighted by atomic mass is 10.0. The number of carbonyl (C=O) groups excluding carboxylic acids is 1. The summed E-state index contributed by atoms with van der Waals surface area (Å²) in [5, 5.41) is 0. The SMILES string of the molecule is CCN(CN(C)CCCCCCCC(C)C)C(=O)N(C)CC=C(C)C. The number of amides is 2. The molecule has 2 amide bonds. The van der Waals surface area contributed by atoms with Crippen LogP contribution in [0.1, 0.15) is 73.1 Å². The van der Waals surface area contributed by atoms with Gasteiger partial charge in [-0.05, 0) is 46.7 Å². The Labute approximate surface area is 157 Å². The molecular weight excluding hydrogens is 310 g/mol. The van der Waals surface area contributed by atoms with Crippen LogP contribution in [0.4, 0.5) is 4.79 Å². The van der Waals surface area contributed by atoms with Gasteiger partial charge in [0.2, 0.25) is 0 Å². The highest BCUT2D eigenvalue weighted by Gasteiger charge is 2.16. The highest BCUT2D eigenvalue weighted by Crippen LogP contribution is 2.11. The van der Waals surface area contributed by atoms with Gasteiger partial charge in [-0.15, -0.1) is 0 Å². The Bertz CT molecular complexity index is 375. The van der Waals surface area contributed by atoms with Crippen molar-refractivity contribution in [3.05, 3.63) is 11.6 Å². The summed E-state index contributed by atoms with van der Waals surface area (Å²) in [6.07, 6.45) is 10.0. The molecule has 0 aromatic carbocycles. The average Bonchev–Trinajstić information content (AvgIpc) is 2.55. The summed E-state index contributed by atoms with van der Waals surface area (Å²) in [5.41, 5.74) is 1.24. The molecule has 0 spiro atoms. The van der Waals surface area contributed by atoms with Gasteiger partial charge in [-0.3, -0.25) is 4.90 Å². The van der Waals surface area contributed by atoms with Crippen molar-refractivity contribution < 1.29 is 4.79 Å². The summed E-state index contributed by atoms with van der Waals surface area (Å²) in [6.45, 7) is 14.0. The van der Waals surface area contributed by atoms with Crippen LogP contribution in [0.5, 0.6) is 0 Å². The van der Waals surface area contributed by atoms with Crippen molar-refractivity contribution in [2.45, 2.75) is 73.1 Å². The molecule has 0 aliphatic rings. The maximum Gasteiger partial charge on any atom is 0.321 e. The second kappa shape index (κ2) is 14.2. The van der Waals surface area contributed by atoms with Gasteiger partial charge < -0.3 is 9.80 Å². The Hall–Kier alpha value is -1.03. The molecular formula is C21H43N3O. The summed E-state index contributed by atoms with van der Waals surface area (Å²) in [4.78, 5) is 18.5. The zero-order valence-corrected chi connectivity index (χ0v) is 18.0. The van der Waals surface area contributed by atoms with E-state index in [2.05, 4.69) is 52.6 Å². The largest absolute Gasteiger partial charge is 0.324 e. The van der Waals surface area contributed by atoms with Crippen LogP contribution >= 0.6 is 0 Å². The molecule has 25 heavy (non-hydrogen) atoms. The van der Waals surface area contributed by atoms with Gasteiger partial charge in [0.1, 0.15) is 0 Å². The van der Waals surface area contributed by atoms with Crippen LogP contribution in [0.2, 0.25) is 0 Å². The van der Waals surface area contributed by atoms with Gasteiger partial charge >= 0.3 is 6.03 Å². The fraction of sp³-hybridized carbons (Fsp3) is 0.857. The van der Waals surface area contributed by atoms with E-state index >= 15 is 0 Å². The number of urea groups is 1. The van der Waals surface area contributed by atoms with Crippen molar-refractivity contribution in [2.24, 2.45) is 5.92 Å². The van der Waals surface area contributed by atoms with E-state index in [0.717, 1.165) is 19.0 Å². The maximum atomic E-state index is 12.5. The Kier molecular flexibility index (Phi) is 13.6. The quantitative estimate of drug-likeness (QED) is 0.258. The Morgan fingerprint density at radius 3 is 2.16 bits per heavy atom. The predicted molar refractivity (Wildman–Crippen MR) is 110 cm³/mol. The van der Waals surface area contributed by atoms with Gasteiger partial charge in [-0.25, -0.2) is 4.79 Å². The molecule has 0 atom stereocenters. The summed E-state index contributed by atoms with van der Waals surface area (Å²) in [7, 11) is 3.99. The molecule has 0 radical (unpaired) electrons. The summed E-state index contributed by atoms with van der Waals surface area (Å²) >= 11 is 0.